The molecule has 0 aromatic heterocycles. The maximum atomic E-state index is 9.03. The molecule has 0 radical (unpaired) electrons. The van der Waals surface area contributed by atoms with Crippen LogP contribution in [0.4, 0.5) is 0 Å². The van der Waals surface area contributed by atoms with Gasteiger partial charge in [0.2, 0.25) is 0 Å². The van der Waals surface area contributed by atoms with Crippen LogP contribution in [-0.2, 0) is 6.54 Å². The van der Waals surface area contributed by atoms with Crippen molar-refractivity contribution in [2.24, 2.45) is 0 Å². The van der Waals surface area contributed by atoms with E-state index in [1.54, 1.807) is 7.11 Å². The van der Waals surface area contributed by atoms with E-state index in [1.165, 1.54) is 5.56 Å². The molecule has 1 heterocycles. The largest absolute Gasteiger partial charge is 0.495 e. The lowest BCUT2D eigenvalue weighted by Crippen LogP contribution is -2.42. The van der Waals surface area contributed by atoms with Gasteiger partial charge < -0.3 is 10.1 Å². The van der Waals surface area contributed by atoms with Gasteiger partial charge in [-0.05, 0) is 17.7 Å². The topological polar surface area (TPSA) is 48.3 Å². The molecule has 1 aromatic rings. The van der Waals surface area contributed by atoms with Gasteiger partial charge in [0, 0.05) is 32.7 Å². The van der Waals surface area contributed by atoms with Crippen molar-refractivity contribution in [3.05, 3.63) is 29.3 Å². The number of ether oxygens (including phenoxy) is 1. The summed E-state index contributed by atoms with van der Waals surface area (Å²) in [6.07, 6.45) is 0. The molecule has 0 aliphatic carbocycles. The first-order valence-electron chi connectivity index (χ1n) is 5.83. The second-order valence-corrected chi connectivity index (χ2v) is 4.17. The number of hydrogen-bond donors (Lipinski definition) is 1. The van der Waals surface area contributed by atoms with Gasteiger partial charge in [-0.15, -0.1) is 0 Å². The third-order valence-electron chi connectivity index (χ3n) is 3.00. The number of hydrogen-bond acceptors (Lipinski definition) is 4. The molecule has 17 heavy (non-hydrogen) atoms. The van der Waals surface area contributed by atoms with E-state index >= 15 is 0 Å². The fourth-order valence-electron chi connectivity index (χ4n) is 2.07. The van der Waals surface area contributed by atoms with Gasteiger partial charge in [0.05, 0.1) is 12.7 Å². The molecule has 2 rings (SSSR count). The summed E-state index contributed by atoms with van der Waals surface area (Å²) in [5, 5.41) is 12.4. The van der Waals surface area contributed by atoms with E-state index in [2.05, 4.69) is 16.3 Å². The normalized spacial score (nSPS) is 16.5. The van der Waals surface area contributed by atoms with Crippen molar-refractivity contribution in [2.75, 3.05) is 33.3 Å². The van der Waals surface area contributed by atoms with Crippen LogP contribution in [0.3, 0.4) is 0 Å². The summed E-state index contributed by atoms with van der Waals surface area (Å²) in [6.45, 7) is 5.12. The minimum Gasteiger partial charge on any atom is -0.495 e. The molecule has 90 valence electrons. The average Bonchev–Trinajstić information content (AvgIpc) is 2.40. The second kappa shape index (κ2) is 5.67. The van der Waals surface area contributed by atoms with Gasteiger partial charge in [-0.3, -0.25) is 4.90 Å². The Kier molecular flexibility index (Phi) is 3.97. The molecule has 4 heteroatoms. The summed E-state index contributed by atoms with van der Waals surface area (Å²) in [5.41, 5.74) is 1.78. The van der Waals surface area contributed by atoms with E-state index in [9.17, 15) is 0 Å². The number of piperazine rings is 1. The van der Waals surface area contributed by atoms with E-state index in [-0.39, 0.29) is 0 Å². The predicted molar refractivity (Wildman–Crippen MR) is 65.9 cm³/mol. The molecular weight excluding hydrogens is 214 g/mol. The Labute approximate surface area is 102 Å². The molecule has 0 amide bonds. The van der Waals surface area contributed by atoms with Crippen molar-refractivity contribution in [1.29, 1.82) is 5.26 Å². The van der Waals surface area contributed by atoms with Gasteiger partial charge in [-0.1, -0.05) is 6.07 Å². The predicted octanol–water partition coefficient (Wildman–Crippen LogP) is 0.972. The Bertz CT molecular complexity index is 419. The molecule has 1 aromatic carbocycles. The summed E-state index contributed by atoms with van der Waals surface area (Å²) < 4.78 is 5.14. The van der Waals surface area contributed by atoms with E-state index in [1.807, 2.05) is 18.2 Å². The highest BCUT2D eigenvalue weighted by atomic mass is 16.5. The van der Waals surface area contributed by atoms with Gasteiger partial charge in [0.1, 0.15) is 11.8 Å². The Morgan fingerprint density at radius 2 is 2.18 bits per heavy atom. The quantitative estimate of drug-likeness (QED) is 0.842. The fourth-order valence-corrected chi connectivity index (χ4v) is 2.07. The highest BCUT2D eigenvalue weighted by molar-refractivity contribution is 5.45. The Hall–Kier alpha value is -1.57. The third kappa shape index (κ3) is 2.96. The number of benzene rings is 1. The van der Waals surface area contributed by atoms with E-state index in [0.717, 1.165) is 32.7 Å². The van der Waals surface area contributed by atoms with Crippen molar-refractivity contribution < 1.29 is 4.74 Å². The minimum absolute atomic E-state index is 0.611. The first-order chi connectivity index (χ1) is 8.33. The fraction of sp³-hybridized carbons (Fsp3) is 0.462. The second-order valence-electron chi connectivity index (χ2n) is 4.17. The van der Waals surface area contributed by atoms with Gasteiger partial charge in [-0.25, -0.2) is 0 Å². The summed E-state index contributed by atoms with van der Waals surface area (Å²) in [6, 6.07) is 7.99. The first-order valence-corrected chi connectivity index (χ1v) is 5.83. The van der Waals surface area contributed by atoms with Gasteiger partial charge in [0.25, 0.3) is 0 Å². The Balaban J connectivity index is 2.08. The van der Waals surface area contributed by atoms with Crippen LogP contribution in [0.15, 0.2) is 18.2 Å². The number of rotatable bonds is 3. The maximum absolute atomic E-state index is 9.03. The van der Waals surface area contributed by atoms with Crippen LogP contribution in [-0.4, -0.2) is 38.2 Å². The van der Waals surface area contributed by atoms with Gasteiger partial charge in [0.15, 0.2) is 0 Å². The van der Waals surface area contributed by atoms with Crippen molar-refractivity contribution in [2.45, 2.75) is 6.54 Å². The summed E-state index contributed by atoms with van der Waals surface area (Å²) >= 11 is 0. The molecule has 4 nitrogen and oxygen atoms in total. The zero-order valence-electron chi connectivity index (χ0n) is 10.1. The van der Waals surface area contributed by atoms with Crippen LogP contribution >= 0.6 is 0 Å². The van der Waals surface area contributed by atoms with E-state index in [0.29, 0.717) is 11.3 Å². The number of methoxy groups -OCH3 is 1. The lowest BCUT2D eigenvalue weighted by atomic mass is 10.1. The van der Waals surface area contributed by atoms with Crippen molar-refractivity contribution in [3.8, 4) is 11.8 Å². The van der Waals surface area contributed by atoms with Crippen LogP contribution in [0, 0.1) is 11.3 Å². The van der Waals surface area contributed by atoms with Crippen molar-refractivity contribution >= 4 is 0 Å². The maximum Gasteiger partial charge on any atom is 0.136 e. The third-order valence-corrected chi connectivity index (χ3v) is 3.00. The zero-order chi connectivity index (χ0) is 12.1. The molecule has 1 saturated heterocycles. The summed E-state index contributed by atoms with van der Waals surface area (Å²) in [7, 11) is 1.59. The van der Waals surface area contributed by atoms with Gasteiger partial charge in [-0.2, -0.15) is 5.26 Å². The number of nitriles is 1. The smallest absolute Gasteiger partial charge is 0.136 e. The highest BCUT2D eigenvalue weighted by Gasteiger charge is 2.11. The van der Waals surface area contributed by atoms with Crippen molar-refractivity contribution in [1.82, 2.24) is 10.2 Å². The molecule has 0 saturated carbocycles. The molecule has 0 atom stereocenters. The van der Waals surface area contributed by atoms with Crippen LogP contribution in [0.2, 0.25) is 0 Å². The molecule has 0 unspecified atom stereocenters. The molecular formula is C13H17N3O. The van der Waals surface area contributed by atoms with E-state index in [4.69, 9.17) is 10.00 Å². The Morgan fingerprint density at radius 3 is 2.82 bits per heavy atom. The molecule has 1 aliphatic rings. The van der Waals surface area contributed by atoms with Crippen LogP contribution in [0.1, 0.15) is 11.1 Å². The van der Waals surface area contributed by atoms with Crippen LogP contribution in [0.5, 0.6) is 5.75 Å². The zero-order valence-corrected chi connectivity index (χ0v) is 10.1. The van der Waals surface area contributed by atoms with Crippen LogP contribution in [0.25, 0.3) is 0 Å². The molecule has 1 fully saturated rings. The SMILES string of the molecule is COc1ccc(CN2CCNCC2)cc1C#N. The Morgan fingerprint density at radius 1 is 1.41 bits per heavy atom. The lowest BCUT2D eigenvalue weighted by molar-refractivity contribution is 0.233. The summed E-state index contributed by atoms with van der Waals surface area (Å²) in [4.78, 5) is 2.39. The molecule has 1 aliphatic heterocycles. The average molecular weight is 231 g/mol. The number of nitrogens with one attached hydrogen (secondary N) is 1. The minimum atomic E-state index is 0.611. The van der Waals surface area contributed by atoms with Gasteiger partial charge >= 0.3 is 0 Å². The standard InChI is InChI=1S/C13H17N3O/c1-17-13-3-2-11(8-12(13)9-14)10-16-6-4-15-5-7-16/h2-3,8,15H,4-7,10H2,1H3. The van der Waals surface area contributed by atoms with Crippen molar-refractivity contribution in [3.63, 3.8) is 0 Å². The summed E-state index contributed by atoms with van der Waals surface area (Å²) in [5.74, 6) is 0.650. The highest BCUT2D eigenvalue weighted by Crippen LogP contribution is 2.19. The molecule has 0 spiro atoms. The first kappa shape index (κ1) is 11.9. The number of nitrogens with zero attached hydrogens (tertiary/aromatic N) is 2. The molecule has 0 bridgehead atoms. The van der Waals surface area contributed by atoms with E-state index < -0.39 is 0 Å². The monoisotopic (exact) mass is 231 g/mol. The van der Waals surface area contributed by atoms with Crippen LogP contribution < -0.4 is 10.1 Å². The molecule has 1 N–H and O–H groups in total. The lowest BCUT2D eigenvalue weighted by Gasteiger charge is -2.27.